The van der Waals surface area contributed by atoms with Gasteiger partial charge in [0.1, 0.15) is 0 Å². The summed E-state index contributed by atoms with van der Waals surface area (Å²) in [7, 11) is 0. The number of fused-ring (bicyclic) bond motifs is 1. The number of hydrogen-bond acceptors (Lipinski definition) is 6. The average molecular weight is 389 g/mol. The zero-order valence-electron chi connectivity index (χ0n) is 16.0. The number of aromatic nitrogens is 4. The third-order valence-corrected chi connectivity index (χ3v) is 4.48. The van der Waals surface area contributed by atoms with Gasteiger partial charge in [0.25, 0.3) is 11.4 Å². The number of nitrogens with zero attached hydrogens (tertiary/aromatic N) is 3. The Balaban J connectivity index is 1.48. The molecule has 2 aromatic carbocycles. The van der Waals surface area contributed by atoms with E-state index in [-0.39, 0.29) is 23.8 Å². The monoisotopic (exact) mass is 389 g/mol. The van der Waals surface area contributed by atoms with Gasteiger partial charge < -0.3 is 9.84 Å². The van der Waals surface area contributed by atoms with Crippen LogP contribution in [0.2, 0.25) is 0 Å². The van der Waals surface area contributed by atoms with Gasteiger partial charge in [-0.15, -0.1) is 0 Å². The van der Waals surface area contributed by atoms with Crippen LogP contribution in [0.5, 0.6) is 0 Å². The standard InChI is InChI=1S/C21H19N5O3/c1-12(2)19-23-21(29-26-19)13-7-9-14(10-8-13)22-18(27)11-17-15-5-3-4-6-16(15)20(28)25-24-17/h3-10,12H,11H2,1-2H3,(H,22,27)(H,25,28). The van der Waals surface area contributed by atoms with Crippen LogP contribution in [0.15, 0.2) is 57.8 Å². The van der Waals surface area contributed by atoms with Crippen molar-refractivity contribution in [2.75, 3.05) is 5.32 Å². The average Bonchev–Trinajstić information content (AvgIpc) is 3.22. The molecular weight excluding hydrogens is 370 g/mol. The summed E-state index contributed by atoms with van der Waals surface area (Å²) in [5, 5.41) is 14.4. The zero-order chi connectivity index (χ0) is 20.4. The van der Waals surface area contributed by atoms with E-state index in [0.29, 0.717) is 33.9 Å². The fourth-order valence-electron chi connectivity index (χ4n) is 2.95. The van der Waals surface area contributed by atoms with Crippen molar-refractivity contribution in [3.8, 4) is 11.5 Å². The molecule has 0 radical (unpaired) electrons. The highest BCUT2D eigenvalue weighted by atomic mass is 16.5. The molecule has 29 heavy (non-hydrogen) atoms. The first kappa shape index (κ1) is 18.5. The van der Waals surface area contributed by atoms with Crippen LogP contribution in [0, 0.1) is 0 Å². The van der Waals surface area contributed by atoms with Crippen LogP contribution in [0.25, 0.3) is 22.2 Å². The van der Waals surface area contributed by atoms with E-state index in [0.717, 1.165) is 5.56 Å². The fraction of sp³-hybridized carbons (Fsp3) is 0.190. The van der Waals surface area contributed by atoms with Crippen LogP contribution >= 0.6 is 0 Å². The van der Waals surface area contributed by atoms with Crippen LogP contribution < -0.4 is 10.9 Å². The van der Waals surface area contributed by atoms with Crippen LogP contribution in [-0.2, 0) is 11.2 Å². The Morgan fingerprint density at radius 1 is 1.10 bits per heavy atom. The van der Waals surface area contributed by atoms with E-state index in [2.05, 4.69) is 25.7 Å². The van der Waals surface area contributed by atoms with Crippen LogP contribution in [-0.4, -0.2) is 26.2 Å². The zero-order valence-corrected chi connectivity index (χ0v) is 16.0. The molecule has 8 heteroatoms. The second-order valence-electron chi connectivity index (χ2n) is 6.96. The number of rotatable bonds is 5. The third kappa shape index (κ3) is 3.91. The van der Waals surface area contributed by atoms with E-state index in [9.17, 15) is 9.59 Å². The highest BCUT2D eigenvalue weighted by molar-refractivity contribution is 5.95. The molecule has 2 N–H and O–H groups in total. The minimum absolute atomic E-state index is 0.0421. The number of H-pyrrole nitrogens is 1. The van der Waals surface area contributed by atoms with Gasteiger partial charge in [0.05, 0.1) is 17.5 Å². The van der Waals surface area contributed by atoms with Gasteiger partial charge >= 0.3 is 0 Å². The van der Waals surface area contributed by atoms with Crippen LogP contribution in [0.3, 0.4) is 0 Å². The highest BCUT2D eigenvalue weighted by Crippen LogP contribution is 2.22. The van der Waals surface area contributed by atoms with Crippen molar-refractivity contribution < 1.29 is 9.32 Å². The SMILES string of the molecule is CC(C)c1noc(-c2ccc(NC(=O)Cc3n[nH]c(=O)c4ccccc34)cc2)n1. The molecule has 0 aliphatic heterocycles. The molecule has 0 aliphatic carbocycles. The predicted molar refractivity (Wildman–Crippen MR) is 109 cm³/mol. The van der Waals surface area contributed by atoms with E-state index >= 15 is 0 Å². The summed E-state index contributed by atoms with van der Waals surface area (Å²) in [6, 6.07) is 14.2. The predicted octanol–water partition coefficient (Wildman–Crippen LogP) is 3.28. The Labute approximate surface area is 166 Å². The molecule has 0 saturated heterocycles. The molecule has 146 valence electrons. The van der Waals surface area contributed by atoms with E-state index < -0.39 is 0 Å². The maximum absolute atomic E-state index is 12.5. The second kappa shape index (κ2) is 7.67. The van der Waals surface area contributed by atoms with Gasteiger partial charge in [-0.25, -0.2) is 5.10 Å². The number of aromatic amines is 1. The Morgan fingerprint density at radius 3 is 2.52 bits per heavy atom. The summed E-state index contributed by atoms with van der Waals surface area (Å²) in [4.78, 5) is 28.7. The molecule has 2 aromatic heterocycles. The minimum atomic E-state index is -0.276. The lowest BCUT2D eigenvalue weighted by Gasteiger charge is -2.07. The van der Waals surface area contributed by atoms with Gasteiger partial charge in [0.2, 0.25) is 5.91 Å². The first-order valence-electron chi connectivity index (χ1n) is 9.21. The van der Waals surface area contributed by atoms with Crippen molar-refractivity contribution >= 4 is 22.4 Å². The number of carbonyl (C=O) groups excluding carboxylic acids is 1. The second-order valence-corrected chi connectivity index (χ2v) is 6.96. The van der Waals surface area contributed by atoms with E-state index in [4.69, 9.17) is 4.52 Å². The topological polar surface area (TPSA) is 114 Å². The molecule has 0 aliphatic rings. The van der Waals surface area contributed by atoms with Crippen molar-refractivity contribution in [2.45, 2.75) is 26.2 Å². The molecule has 4 aromatic rings. The van der Waals surface area contributed by atoms with E-state index in [1.807, 2.05) is 19.9 Å². The molecule has 0 bridgehead atoms. The lowest BCUT2D eigenvalue weighted by Crippen LogP contribution is -2.18. The van der Waals surface area contributed by atoms with Gasteiger partial charge in [-0.1, -0.05) is 37.2 Å². The summed E-state index contributed by atoms with van der Waals surface area (Å²) in [6.45, 7) is 3.99. The maximum Gasteiger partial charge on any atom is 0.272 e. The van der Waals surface area contributed by atoms with Gasteiger partial charge in [0.15, 0.2) is 5.82 Å². The number of carbonyl (C=O) groups is 1. The summed E-state index contributed by atoms with van der Waals surface area (Å²) >= 11 is 0. The molecule has 0 fully saturated rings. The molecular formula is C21H19N5O3. The highest BCUT2D eigenvalue weighted by Gasteiger charge is 2.13. The van der Waals surface area contributed by atoms with Gasteiger partial charge in [-0.3, -0.25) is 9.59 Å². The molecule has 0 saturated carbocycles. The van der Waals surface area contributed by atoms with Crippen molar-refractivity contribution in [1.82, 2.24) is 20.3 Å². The van der Waals surface area contributed by atoms with Gasteiger partial charge in [-0.2, -0.15) is 10.1 Å². The maximum atomic E-state index is 12.5. The van der Waals surface area contributed by atoms with Crippen LogP contribution in [0.4, 0.5) is 5.69 Å². The molecule has 4 rings (SSSR count). The Kier molecular flexibility index (Phi) is 4.90. The summed E-state index contributed by atoms with van der Waals surface area (Å²) in [5.74, 6) is 1.04. The van der Waals surface area contributed by atoms with Gasteiger partial charge in [-0.05, 0) is 30.3 Å². The third-order valence-electron chi connectivity index (χ3n) is 4.48. The van der Waals surface area contributed by atoms with Gasteiger partial charge in [0, 0.05) is 22.6 Å². The Morgan fingerprint density at radius 2 is 1.83 bits per heavy atom. The smallest absolute Gasteiger partial charge is 0.272 e. The minimum Gasteiger partial charge on any atom is -0.334 e. The lowest BCUT2D eigenvalue weighted by atomic mass is 10.1. The molecule has 2 heterocycles. The van der Waals surface area contributed by atoms with Crippen LogP contribution in [0.1, 0.15) is 31.3 Å². The number of amides is 1. The summed E-state index contributed by atoms with van der Waals surface area (Å²) < 4.78 is 5.28. The van der Waals surface area contributed by atoms with Crippen molar-refractivity contribution in [2.24, 2.45) is 0 Å². The Bertz CT molecular complexity index is 1230. The first-order valence-corrected chi connectivity index (χ1v) is 9.21. The fourth-order valence-corrected chi connectivity index (χ4v) is 2.95. The van der Waals surface area contributed by atoms with Crippen molar-refractivity contribution in [1.29, 1.82) is 0 Å². The van der Waals surface area contributed by atoms with E-state index in [1.54, 1.807) is 42.5 Å². The first-order chi connectivity index (χ1) is 14.0. The number of benzene rings is 2. The summed E-state index contributed by atoms with van der Waals surface area (Å²) in [5.41, 5.74) is 1.65. The summed E-state index contributed by atoms with van der Waals surface area (Å²) in [6.07, 6.45) is 0.0421. The number of hydrogen-bond donors (Lipinski definition) is 2. The lowest BCUT2D eigenvalue weighted by molar-refractivity contribution is -0.115. The molecule has 1 amide bonds. The molecule has 0 atom stereocenters. The quantitative estimate of drug-likeness (QED) is 0.541. The van der Waals surface area contributed by atoms with Crippen molar-refractivity contribution in [3.63, 3.8) is 0 Å². The van der Waals surface area contributed by atoms with E-state index in [1.165, 1.54) is 0 Å². The molecule has 8 nitrogen and oxygen atoms in total. The Hall–Kier alpha value is -3.81. The number of nitrogens with one attached hydrogen (secondary N) is 2. The normalized spacial score (nSPS) is 11.1. The molecule has 0 spiro atoms. The van der Waals surface area contributed by atoms with Crippen molar-refractivity contribution in [3.05, 3.63) is 70.4 Å². The largest absolute Gasteiger partial charge is 0.334 e. The molecule has 0 unspecified atom stereocenters. The number of anilines is 1.